The number of aryl methyl sites for hydroxylation is 1. The van der Waals surface area contributed by atoms with Gasteiger partial charge in [-0.05, 0) is 55.7 Å². The number of hydrogen-bond donors (Lipinski definition) is 2. The molecule has 9 nitrogen and oxygen atoms in total. The second-order valence-electron chi connectivity index (χ2n) is 6.91. The van der Waals surface area contributed by atoms with E-state index in [4.69, 9.17) is 0 Å². The molecule has 0 aliphatic carbocycles. The van der Waals surface area contributed by atoms with Gasteiger partial charge in [-0.2, -0.15) is 0 Å². The number of rotatable bonds is 6. The molecule has 1 aliphatic heterocycles. The summed E-state index contributed by atoms with van der Waals surface area (Å²) < 4.78 is 5.52. The van der Waals surface area contributed by atoms with Gasteiger partial charge in [-0.15, -0.1) is 11.3 Å². The van der Waals surface area contributed by atoms with Crippen LogP contribution in [0.5, 0.6) is 0 Å². The molecule has 3 aromatic rings. The summed E-state index contributed by atoms with van der Waals surface area (Å²) in [5.41, 5.74) is 1.95. The number of carbonyl (C=O) groups excluding carboxylic acids is 2. The minimum atomic E-state index is -0.206. The first-order chi connectivity index (χ1) is 14.5. The Balaban J connectivity index is 1.38. The average Bonchev–Trinajstić information content (AvgIpc) is 3.45. The molecule has 0 radical (unpaired) electrons. The molecule has 156 valence electrons. The highest BCUT2D eigenvalue weighted by Crippen LogP contribution is 2.33. The van der Waals surface area contributed by atoms with Crippen molar-refractivity contribution in [2.24, 2.45) is 0 Å². The Morgan fingerprint density at radius 3 is 2.80 bits per heavy atom. The third-order valence-electron chi connectivity index (χ3n) is 4.81. The van der Waals surface area contributed by atoms with E-state index in [0.717, 1.165) is 29.6 Å². The van der Waals surface area contributed by atoms with Gasteiger partial charge in [-0.3, -0.25) is 19.8 Å². The molecule has 1 saturated heterocycles. The average molecular weight is 491 g/mol. The number of hydrogen-bond acceptors (Lipinski definition) is 8. The summed E-state index contributed by atoms with van der Waals surface area (Å²) in [6.07, 6.45) is 1.88. The molecule has 30 heavy (non-hydrogen) atoms. The van der Waals surface area contributed by atoms with Crippen LogP contribution in [0.2, 0.25) is 0 Å². The van der Waals surface area contributed by atoms with Crippen LogP contribution in [0.1, 0.15) is 40.6 Å². The predicted molar refractivity (Wildman–Crippen MR) is 115 cm³/mol. The standard InChI is InChI=1S/C19H19BrN6O3S/c1-11-17(25-29-24-11)22-16(27)9-26-8-2-3-15(26)14-10-30-19(21-14)23-18(28)12-4-6-13(20)7-5-12/h4-7,10,15H,2-3,8-9H2,1H3,(H,21,23,28)(H,22,25,27)/t15-/m0/s1. The molecule has 0 saturated carbocycles. The normalized spacial score (nSPS) is 16.5. The summed E-state index contributed by atoms with van der Waals surface area (Å²) in [6.45, 7) is 2.73. The van der Waals surface area contributed by atoms with Crippen LogP contribution < -0.4 is 10.6 Å². The topological polar surface area (TPSA) is 113 Å². The van der Waals surface area contributed by atoms with Crippen molar-refractivity contribution in [1.29, 1.82) is 0 Å². The van der Waals surface area contributed by atoms with Gasteiger partial charge in [-0.25, -0.2) is 9.61 Å². The molecule has 1 atom stereocenters. The molecular weight excluding hydrogens is 472 g/mol. The van der Waals surface area contributed by atoms with Crippen molar-refractivity contribution in [2.45, 2.75) is 25.8 Å². The fourth-order valence-corrected chi connectivity index (χ4v) is 4.33. The lowest BCUT2D eigenvalue weighted by molar-refractivity contribution is -0.117. The molecule has 1 aromatic carbocycles. The first-order valence-electron chi connectivity index (χ1n) is 9.35. The van der Waals surface area contributed by atoms with Crippen molar-refractivity contribution in [3.63, 3.8) is 0 Å². The number of aromatic nitrogens is 3. The molecule has 4 rings (SSSR count). The molecule has 2 N–H and O–H groups in total. The molecule has 0 spiro atoms. The fourth-order valence-electron chi connectivity index (χ4n) is 3.32. The number of nitrogens with zero attached hydrogens (tertiary/aromatic N) is 4. The van der Waals surface area contributed by atoms with Gasteiger partial charge in [-0.1, -0.05) is 21.1 Å². The van der Waals surface area contributed by atoms with E-state index in [2.05, 4.69) is 51.4 Å². The number of amides is 2. The summed E-state index contributed by atoms with van der Waals surface area (Å²) in [5.74, 6) is -0.0512. The molecule has 1 fully saturated rings. The maximum Gasteiger partial charge on any atom is 0.257 e. The summed E-state index contributed by atoms with van der Waals surface area (Å²) in [4.78, 5) is 31.5. The zero-order valence-corrected chi connectivity index (χ0v) is 18.5. The maximum atomic E-state index is 12.4. The number of thiazole rings is 1. The predicted octanol–water partition coefficient (Wildman–Crippen LogP) is 3.62. The van der Waals surface area contributed by atoms with Crippen LogP contribution in [0.3, 0.4) is 0 Å². The van der Waals surface area contributed by atoms with Gasteiger partial charge in [0.05, 0.1) is 18.3 Å². The van der Waals surface area contributed by atoms with Crippen LogP contribution in [0.15, 0.2) is 38.7 Å². The molecule has 3 heterocycles. The van der Waals surface area contributed by atoms with Gasteiger partial charge in [0.2, 0.25) is 5.91 Å². The Bertz CT molecular complexity index is 1050. The van der Waals surface area contributed by atoms with Crippen molar-refractivity contribution in [3.05, 3.63) is 51.1 Å². The summed E-state index contributed by atoms with van der Waals surface area (Å²) >= 11 is 4.74. The minimum absolute atomic E-state index is 0.0295. The third-order valence-corrected chi connectivity index (χ3v) is 6.12. The Kier molecular flexibility index (Phi) is 6.21. The second-order valence-corrected chi connectivity index (χ2v) is 8.69. The Morgan fingerprint density at radius 1 is 1.27 bits per heavy atom. The van der Waals surface area contributed by atoms with Gasteiger partial charge >= 0.3 is 0 Å². The van der Waals surface area contributed by atoms with Gasteiger partial charge in [0.15, 0.2) is 10.9 Å². The van der Waals surface area contributed by atoms with E-state index in [1.54, 1.807) is 19.1 Å². The van der Waals surface area contributed by atoms with E-state index in [1.807, 2.05) is 17.5 Å². The molecule has 0 unspecified atom stereocenters. The molecule has 1 aliphatic rings. The largest absolute Gasteiger partial charge is 0.305 e. The zero-order valence-electron chi connectivity index (χ0n) is 16.1. The summed E-state index contributed by atoms with van der Waals surface area (Å²) in [5, 5.41) is 15.4. The monoisotopic (exact) mass is 490 g/mol. The van der Waals surface area contributed by atoms with Crippen molar-refractivity contribution in [1.82, 2.24) is 20.2 Å². The lowest BCUT2D eigenvalue weighted by Gasteiger charge is -2.22. The van der Waals surface area contributed by atoms with Crippen molar-refractivity contribution in [3.8, 4) is 0 Å². The van der Waals surface area contributed by atoms with E-state index in [0.29, 0.717) is 22.2 Å². The first-order valence-corrected chi connectivity index (χ1v) is 11.0. The van der Waals surface area contributed by atoms with Crippen molar-refractivity contribution >= 4 is 50.0 Å². The third kappa shape index (κ3) is 4.74. The SMILES string of the molecule is Cc1nonc1NC(=O)CN1CCC[C@H]1c1csc(NC(=O)c2ccc(Br)cc2)n1. The number of benzene rings is 1. The Hall–Kier alpha value is -2.63. The van der Waals surface area contributed by atoms with Crippen LogP contribution >= 0.6 is 27.3 Å². The minimum Gasteiger partial charge on any atom is -0.305 e. The van der Waals surface area contributed by atoms with Crippen LogP contribution in [0, 0.1) is 6.92 Å². The number of carbonyl (C=O) groups is 2. The highest BCUT2D eigenvalue weighted by atomic mass is 79.9. The number of likely N-dealkylation sites (tertiary alicyclic amines) is 1. The fraction of sp³-hybridized carbons (Fsp3) is 0.316. The summed E-state index contributed by atoms with van der Waals surface area (Å²) in [7, 11) is 0. The van der Waals surface area contributed by atoms with Crippen LogP contribution in [-0.2, 0) is 4.79 Å². The molecule has 2 aromatic heterocycles. The second kappa shape index (κ2) is 9.02. The number of nitrogens with one attached hydrogen (secondary N) is 2. The van der Waals surface area contributed by atoms with Gasteiger partial charge < -0.3 is 5.32 Å². The Labute approximate surface area is 185 Å². The Morgan fingerprint density at radius 2 is 2.07 bits per heavy atom. The molecule has 0 bridgehead atoms. The lowest BCUT2D eigenvalue weighted by atomic mass is 10.2. The van der Waals surface area contributed by atoms with E-state index in [9.17, 15) is 9.59 Å². The first kappa shape index (κ1) is 20.6. The van der Waals surface area contributed by atoms with E-state index in [1.165, 1.54) is 11.3 Å². The summed E-state index contributed by atoms with van der Waals surface area (Å²) in [6, 6.07) is 7.16. The zero-order chi connectivity index (χ0) is 21.1. The highest BCUT2D eigenvalue weighted by Gasteiger charge is 2.30. The lowest BCUT2D eigenvalue weighted by Crippen LogP contribution is -2.33. The van der Waals surface area contributed by atoms with Crippen molar-refractivity contribution in [2.75, 3.05) is 23.7 Å². The van der Waals surface area contributed by atoms with Crippen LogP contribution in [0.4, 0.5) is 10.9 Å². The quantitative estimate of drug-likeness (QED) is 0.542. The molecule has 11 heteroatoms. The van der Waals surface area contributed by atoms with Crippen LogP contribution in [-0.4, -0.2) is 45.1 Å². The maximum absolute atomic E-state index is 12.4. The number of halogens is 1. The van der Waals surface area contributed by atoms with Crippen molar-refractivity contribution < 1.29 is 14.2 Å². The van der Waals surface area contributed by atoms with Crippen LogP contribution in [0.25, 0.3) is 0 Å². The van der Waals surface area contributed by atoms with E-state index in [-0.39, 0.29) is 24.4 Å². The molecular formula is C19H19BrN6O3S. The van der Waals surface area contributed by atoms with E-state index >= 15 is 0 Å². The van der Waals surface area contributed by atoms with Gasteiger partial charge in [0.1, 0.15) is 5.69 Å². The van der Waals surface area contributed by atoms with Gasteiger partial charge in [0, 0.05) is 15.4 Å². The number of anilines is 2. The smallest absolute Gasteiger partial charge is 0.257 e. The van der Waals surface area contributed by atoms with Gasteiger partial charge in [0.25, 0.3) is 5.91 Å². The highest BCUT2D eigenvalue weighted by molar-refractivity contribution is 9.10. The molecule has 2 amide bonds. The van der Waals surface area contributed by atoms with E-state index < -0.39 is 0 Å².